The molecule has 144 valence electrons. The molecule has 2 aromatic heterocycles. The number of benzene rings is 2. The van der Waals surface area contributed by atoms with E-state index in [0.717, 1.165) is 22.1 Å². The van der Waals surface area contributed by atoms with Crippen LogP contribution in [-0.2, 0) is 13.1 Å². The maximum Gasteiger partial charge on any atom is 0.269 e. The lowest BCUT2D eigenvalue weighted by molar-refractivity contribution is 0.446. The standard InChI is InChI=1S/C21H20F2N4O/c1-14-4-6-16-19(10-14)27(21(28)12-24-16)13-20-25-17-11-15(23)5-7-18(17)26(20)9-3-2-8-22/h4-7,10-12H,2-3,8-9,13H2,1H3. The molecule has 2 heterocycles. The van der Waals surface area contributed by atoms with Crippen LogP contribution in [0.2, 0.25) is 0 Å². The second kappa shape index (κ2) is 7.50. The minimum Gasteiger partial charge on any atom is -0.326 e. The van der Waals surface area contributed by atoms with Crippen LogP contribution in [0.15, 0.2) is 47.4 Å². The fourth-order valence-electron chi connectivity index (χ4n) is 3.46. The van der Waals surface area contributed by atoms with Gasteiger partial charge in [-0.15, -0.1) is 0 Å². The topological polar surface area (TPSA) is 52.7 Å². The molecule has 0 amide bonds. The van der Waals surface area contributed by atoms with E-state index >= 15 is 0 Å². The minimum absolute atomic E-state index is 0.229. The molecule has 28 heavy (non-hydrogen) atoms. The summed E-state index contributed by atoms with van der Waals surface area (Å²) in [7, 11) is 0. The van der Waals surface area contributed by atoms with E-state index in [9.17, 15) is 13.6 Å². The highest BCUT2D eigenvalue weighted by Crippen LogP contribution is 2.20. The van der Waals surface area contributed by atoms with E-state index in [2.05, 4.69) is 9.97 Å². The van der Waals surface area contributed by atoms with Crippen LogP contribution in [-0.4, -0.2) is 25.8 Å². The van der Waals surface area contributed by atoms with Crippen LogP contribution < -0.4 is 5.56 Å². The van der Waals surface area contributed by atoms with E-state index in [-0.39, 0.29) is 24.6 Å². The zero-order chi connectivity index (χ0) is 19.7. The maximum atomic E-state index is 13.7. The molecule has 0 bridgehead atoms. The van der Waals surface area contributed by atoms with Crippen molar-refractivity contribution in [1.29, 1.82) is 0 Å². The number of unbranched alkanes of at least 4 members (excludes halogenated alkanes) is 1. The van der Waals surface area contributed by atoms with Crippen molar-refractivity contribution in [3.05, 3.63) is 70.2 Å². The smallest absolute Gasteiger partial charge is 0.269 e. The number of aromatic nitrogens is 4. The Bertz CT molecular complexity index is 1210. The Kier molecular flexibility index (Phi) is 4.90. The Balaban J connectivity index is 1.84. The second-order valence-corrected chi connectivity index (χ2v) is 6.88. The fraction of sp³-hybridized carbons (Fsp3) is 0.286. The highest BCUT2D eigenvalue weighted by atomic mass is 19.1. The van der Waals surface area contributed by atoms with Crippen molar-refractivity contribution < 1.29 is 8.78 Å². The lowest BCUT2D eigenvalue weighted by atomic mass is 10.2. The molecule has 5 nitrogen and oxygen atoms in total. The summed E-state index contributed by atoms with van der Waals surface area (Å²) in [6.45, 7) is 2.35. The molecule has 0 atom stereocenters. The zero-order valence-corrected chi connectivity index (χ0v) is 15.5. The summed E-state index contributed by atoms with van der Waals surface area (Å²) in [6, 6.07) is 10.2. The van der Waals surface area contributed by atoms with Crippen LogP contribution in [0.25, 0.3) is 22.1 Å². The van der Waals surface area contributed by atoms with E-state index in [1.54, 1.807) is 10.6 Å². The summed E-state index contributed by atoms with van der Waals surface area (Å²) in [5, 5.41) is 0. The summed E-state index contributed by atoms with van der Waals surface area (Å²) in [4.78, 5) is 21.3. The molecule has 0 radical (unpaired) electrons. The summed E-state index contributed by atoms with van der Waals surface area (Å²) >= 11 is 0. The van der Waals surface area contributed by atoms with Crippen LogP contribution in [0.3, 0.4) is 0 Å². The molecule has 0 aliphatic carbocycles. The first kappa shape index (κ1) is 18.3. The number of hydrogen-bond donors (Lipinski definition) is 0. The van der Waals surface area contributed by atoms with E-state index in [4.69, 9.17) is 0 Å². The average Bonchev–Trinajstić information content (AvgIpc) is 3.01. The van der Waals surface area contributed by atoms with Crippen molar-refractivity contribution in [3.63, 3.8) is 0 Å². The summed E-state index contributed by atoms with van der Waals surface area (Å²) in [5.41, 5.74) is 3.53. The highest BCUT2D eigenvalue weighted by Gasteiger charge is 2.14. The number of alkyl halides is 1. The van der Waals surface area contributed by atoms with Crippen molar-refractivity contribution in [1.82, 2.24) is 19.1 Å². The van der Waals surface area contributed by atoms with Crippen LogP contribution >= 0.6 is 0 Å². The van der Waals surface area contributed by atoms with Gasteiger partial charge in [0, 0.05) is 12.6 Å². The first-order valence-electron chi connectivity index (χ1n) is 9.23. The monoisotopic (exact) mass is 382 g/mol. The van der Waals surface area contributed by atoms with E-state index in [1.165, 1.54) is 18.3 Å². The van der Waals surface area contributed by atoms with Crippen molar-refractivity contribution >= 4 is 22.1 Å². The highest BCUT2D eigenvalue weighted by molar-refractivity contribution is 5.77. The van der Waals surface area contributed by atoms with E-state index in [0.29, 0.717) is 30.7 Å². The number of fused-ring (bicyclic) bond motifs is 2. The third-order valence-electron chi connectivity index (χ3n) is 4.86. The van der Waals surface area contributed by atoms with Crippen LogP contribution in [0.5, 0.6) is 0 Å². The Morgan fingerprint density at radius 1 is 1.00 bits per heavy atom. The van der Waals surface area contributed by atoms with E-state index in [1.807, 2.05) is 29.7 Å². The van der Waals surface area contributed by atoms with Crippen molar-refractivity contribution in [3.8, 4) is 0 Å². The molecule has 2 aromatic carbocycles. The Morgan fingerprint density at radius 3 is 2.68 bits per heavy atom. The van der Waals surface area contributed by atoms with Gasteiger partial charge >= 0.3 is 0 Å². The van der Waals surface area contributed by atoms with Gasteiger partial charge in [-0.1, -0.05) is 6.07 Å². The van der Waals surface area contributed by atoms with Crippen molar-refractivity contribution in [2.75, 3.05) is 6.67 Å². The Morgan fingerprint density at radius 2 is 1.86 bits per heavy atom. The molecule has 7 heteroatoms. The number of imidazole rings is 1. The number of hydrogen-bond acceptors (Lipinski definition) is 3. The number of nitrogens with zero attached hydrogens (tertiary/aromatic N) is 4. The van der Waals surface area contributed by atoms with Gasteiger partial charge in [-0.05, 0) is 49.6 Å². The molecule has 4 rings (SSSR count). The van der Waals surface area contributed by atoms with Crippen LogP contribution in [0, 0.1) is 12.7 Å². The van der Waals surface area contributed by atoms with Gasteiger partial charge in [0.15, 0.2) is 0 Å². The maximum absolute atomic E-state index is 13.7. The molecule has 0 saturated carbocycles. The summed E-state index contributed by atoms with van der Waals surface area (Å²) < 4.78 is 29.8. The Labute approximate surface area is 160 Å². The molecule has 0 N–H and O–H groups in total. The predicted molar refractivity (Wildman–Crippen MR) is 105 cm³/mol. The van der Waals surface area contributed by atoms with Crippen LogP contribution in [0.4, 0.5) is 8.78 Å². The van der Waals surface area contributed by atoms with E-state index < -0.39 is 0 Å². The Hall–Kier alpha value is -3.09. The lowest BCUT2D eigenvalue weighted by Crippen LogP contribution is -2.23. The largest absolute Gasteiger partial charge is 0.326 e. The first-order chi connectivity index (χ1) is 13.6. The number of aryl methyl sites for hydroxylation is 2. The van der Waals surface area contributed by atoms with Gasteiger partial charge in [-0.3, -0.25) is 13.8 Å². The molecule has 0 saturated heterocycles. The first-order valence-corrected chi connectivity index (χ1v) is 9.23. The second-order valence-electron chi connectivity index (χ2n) is 6.88. The quantitative estimate of drug-likeness (QED) is 0.474. The fourth-order valence-corrected chi connectivity index (χ4v) is 3.46. The van der Waals surface area contributed by atoms with Crippen LogP contribution in [0.1, 0.15) is 24.2 Å². The van der Waals surface area contributed by atoms with Gasteiger partial charge in [-0.2, -0.15) is 0 Å². The van der Waals surface area contributed by atoms with Crippen molar-refractivity contribution in [2.24, 2.45) is 0 Å². The SMILES string of the molecule is Cc1ccc2ncc(=O)n(Cc3nc4cc(F)ccc4n3CCCCF)c2c1. The average molecular weight is 382 g/mol. The molecule has 0 spiro atoms. The number of halogens is 2. The molecule has 0 fully saturated rings. The van der Waals surface area contributed by atoms with Gasteiger partial charge in [0.05, 0.1) is 41.5 Å². The third kappa shape index (κ3) is 3.40. The van der Waals surface area contributed by atoms with Gasteiger partial charge in [-0.25, -0.2) is 14.4 Å². The molecule has 4 aromatic rings. The van der Waals surface area contributed by atoms with Gasteiger partial charge in [0.1, 0.15) is 11.6 Å². The molecule has 0 aliphatic rings. The van der Waals surface area contributed by atoms with Crippen molar-refractivity contribution in [2.45, 2.75) is 32.9 Å². The molecule has 0 aliphatic heterocycles. The lowest BCUT2D eigenvalue weighted by Gasteiger charge is -2.12. The van der Waals surface area contributed by atoms with Gasteiger partial charge < -0.3 is 4.57 Å². The summed E-state index contributed by atoms with van der Waals surface area (Å²) in [6.07, 6.45) is 2.38. The number of rotatable bonds is 6. The molecule has 0 unspecified atom stereocenters. The zero-order valence-electron chi connectivity index (χ0n) is 15.5. The van der Waals surface area contributed by atoms with Gasteiger partial charge in [0.25, 0.3) is 5.56 Å². The summed E-state index contributed by atoms with van der Waals surface area (Å²) in [5.74, 6) is 0.269. The predicted octanol–water partition coefficient (Wildman–Crippen LogP) is 3.99. The molecular formula is C21H20F2N4O. The third-order valence-corrected chi connectivity index (χ3v) is 4.86. The normalized spacial score (nSPS) is 11.5. The minimum atomic E-state index is -0.385. The van der Waals surface area contributed by atoms with Gasteiger partial charge in [0.2, 0.25) is 0 Å². The molecular weight excluding hydrogens is 362 g/mol.